The fourth-order valence-corrected chi connectivity index (χ4v) is 2.88. The van der Waals surface area contributed by atoms with Crippen molar-refractivity contribution in [1.82, 2.24) is 14.8 Å². The largest absolute Gasteiger partial charge is 0.491 e. The molecule has 0 saturated carbocycles. The van der Waals surface area contributed by atoms with E-state index in [2.05, 4.69) is 10.2 Å². The van der Waals surface area contributed by atoms with Crippen molar-refractivity contribution >= 4 is 47.2 Å². The average molecular weight is 350 g/mol. The van der Waals surface area contributed by atoms with Gasteiger partial charge in [0.2, 0.25) is 0 Å². The van der Waals surface area contributed by atoms with Crippen LogP contribution in [0.4, 0.5) is 0 Å². The number of halogens is 2. The number of aromatic nitrogens is 3. The highest BCUT2D eigenvalue weighted by Crippen LogP contribution is 2.27. The van der Waals surface area contributed by atoms with Crippen LogP contribution in [0, 0.1) is 4.77 Å². The zero-order valence-electron chi connectivity index (χ0n) is 10.7. The van der Waals surface area contributed by atoms with Gasteiger partial charge in [-0.05, 0) is 30.4 Å². The smallest absolute Gasteiger partial charge is 0.194 e. The minimum atomic E-state index is 0.525. The molecule has 20 heavy (non-hydrogen) atoms. The molecule has 4 nitrogen and oxygen atoms in total. The molecule has 0 atom stereocenters. The van der Waals surface area contributed by atoms with E-state index >= 15 is 0 Å². The van der Waals surface area contributed by atoms with E-state index in [1.165, 1.54) is 0 Å². The maximum atomic E-state index is 6.02. The number of aromatic amines is 1. The lowest BCUT2D eigenvalue weighted by molar-refractivity contribution is 0.344. The van der Waals surface area contributed by atoms with Crippen LogP contribution in [0.5, 0.6) is 5.75 Å². The molecule has 1 heterocycles. The highest BCUT2D eigenvalue weighted by Gasteiger charge is 2.04. The van der Waals surface area contributed by atoms with Crippen LogP contribution in [0.1, 0.15) is 5.82 Å². The van der Waals surface area contributed by atoms with Crippen molar-refractivity contribution < 1.29 is 4.74 Å². The fourth-order valence-electron chi connectivity index (χ4n) is 1.47. The first kappa shape index (κ1) is 15.7. The van der Waals surface area contributed by atoms with E-state index in [9.17, 15) is 0 Å². The van der Waals surface area contributed by atoms with Gasteiger partial charge in [-0.25, -0.2) is 0 Å². The van der Waals surface area contributed by atoms with Gasteiger partial charge in [-0.15, -0.1) is 0 Å². The van der Waals surface area contributed by atoms with Crippen molar-refractivity contribution in [2.75, 3.05) is 12.4 Å². The molecule has 0 aliphatic rings. The maximum absolute atomic E-state index is 6.02. The van der Waals surface area contributed by atoms with E-state index in [-0.39, 0.29) is 0 Å². The Morgan fingerprint density at radius 3 is 2.90 bits per heavy atom. The standard InChI is InChI=1S/C12H13Cl2N3OS2/c1-17-11(15-16-12(17)19)7-20-5-4-18-10-3-2-8(13)6-9(10)14/h2-3,6H,4-5,7H2,1H3,(H,16,19). The summed E-state index contributed by atoms with van der Waals surface area (Å²) in [5.74, 6) is 3.18. The Morgan fingerprint density at radius 2 is 2.25 bits per heavy atom. The molecule has 1 N–H and O–H groups in total. The Morgan fingerprint density at radius 1 is 1.45 bits per heavy atom. The summed E-state index contributed by atoms with van der Waals surface area (Å²) in [6.45, 7) is 0.570. The molecule has 2 aromatic rings. The van der Waals surface area contributed by atoms with E-state index in [0.717, 1.165) is 17.3 Å². The van der Waals surface area contributed by atoms with Gasteiger partial charge < -0.3 is 9.30 Å². The SMILES string of the molecule is Cn1c(CSCCOc2ccc(Cl)cc2Cl)n[nH]c1=S. The molecule has 0 bridgehead atoms. The van der Waals surface area contributed by atoms with Crippen LogP contribution in [0.3, 0.4) is 0 Å². The first-order valence-corrected chi connectivity index (χ1v) is 8.15. The topological polar surface area (TPSA) is 42.8 Å². The van der Waals surface area contributed by atoms with Gasteiger partial charge in [0.15, 0.2) is 4.77 Å². The second kappa shape index (κ2) is 7.36. The zero-order chi connectivity index (χ0) is 14.5. The van der Waals surface area contributed by atoms with Gasteiger partial charge in [0.25, 0.3) is 0 Å². The predicted molar refractivity (Wildman–Crippen MR) is 86.5 cm³/mol. The summed E-state index contributed by atoms with van der Waals surface area (Å²) in [5.41, 5.74) is 0. The van der Waals surface area contributed by atoms with Gasteiger partial charge in [-0.1, -0.05) is 23.2 Å². The van der Waals surface area contributed by atoms with Crippen molar-refractivity contribution in [2.45, 2.75) is 5.75 Å². The highest BCUT2D eigenvalue weighted by molar-refractivity contribution is 7.98. The monoisotopic (exact) mass is 349 g/mol. The third-order valence-corrected chi connectivity index (χ3v) is 4.40. The van der Waals surface area contributed by atoms with Crippen LogP contribution in [0.25, 0.3) is 0 Å². The molecule has 1 aromatic heterocycles. The molecule has 108 valence electrons. The lowest BCUT2D eigenvalue weighted by Gasteiger charge is -2.07. The molecule has 0 aliphatic heterocycles. The number of H-pyrrole nitrogens is 1. The highest BCUT2D eigenvalue weighted by atomic mass is 35.5. The normalized spacial score (nSPS) is 10.8. The Balaban J connectivity index is 1.74. The second-order valence-corrected chi connectivity index (χ2v) is 6.32. The summed E-state index contributed by atoms with van der Waals surface area (Å²) in [5, 5.41) is 8.03. The third kappa shape index (κ3) is 4.15. The minimum Gasteiger partial charge on any atom is -0.491 e. The number of rotatable bonds is 6. The van der Waals surface area contributed by atoms with Gasteiger partial charge in [0.1, 0.15) is 11.6 Å². The number of nitrogens with one attached hydrogen (secondary N) is 1. The van der Waals surface area contributed by atoms with E-state index in [1.54, 1.807) is 30.0 Å². The lowest BCUT2D eigenvalue weighted by atomic mass is 10.3. The summed E-state index contributed by atoms with van der Waals surface area (Å²) in [7, 11) is 1.89. The second-order valence-electron chi connectivity index (χ2n) is 3.98. The maximum Gasteiger partial charge on any atom is 0.194 e. The van der Waals surface area contributed by atoms with Crippen LogP contribution < -0.4 is 4.74 Å². The van der Waals surface area contributed by atoms with E-state index < -0.39 is 0 Å². The van der Waals surface area contributed by atoms with Crippen LogP contribution in [-0.4, -0.2) is 27.1 Å². The van der Waals surface area contributed by atoms with E-state index in [0.29, 0.717) is 27.2 Å². The lowest BCUT2D eigenvalue weighted by Crippen LogP contribution is -2.02. The number of thioether (sulfide) groups is 1. The van der Waals surface area contributed by atoms with Gasteiger partial charge in [0, 0.05) is 17.8 Å². The van der Waals surface area contributed by atoms with E-state index in [1.807, 2.05) is 11.6 Å². The van der Waals surface area contributed by atoms with Crippen LogP contribution in [0.15, 0.2) is 18.2 Å². The van der Waals surface area contributed by atoms with Crippen LogP contribution in [0.2, 0.25) is 10.0 Å². The van der Waals surface area contributed by atoms with Crippen molar-refractivity contribution in [3.63, 3.8) is 0 Å². The predicted octanol–water partition coefficient (Wildman–Crippen LogP) is 4.10. The van der Waals surface area contributed by atoms with E-state index in [4.69, 9.17) is 40.2 Å². The molecule has 2 rings (SSSR count). The summed E-state index contributed by atoms with van der Waals surface area (Å²) < 4.78 is 8.09. The van der Waals surface area contributed by atoms with Crippen molar-refractivity contribution in [3.8, 4) is 5.75 Å². The molecule has 1 aromatic carbocycles. The van der Waals surface area contributed by atoms with Crippen molar-refractivity contribution in [3.05, 3.63) is 38.8 Å². The molecular weight excluding hydrogens is 337 g/mol. The van der Waals surface area contributed by atoms with Crippen LogP contribution in [-0.2, 0) is 12.8 Å². The Hall–Kier alpha value is -0.690. The van der Waals surface area contributed by atoms with Crippen LogP contribution >= 0.6 is 47.2 Å². The average Bonchev–Trinajstić information content (AvgIpc) is 2.72. The number of hydrogen-bond donors (Lipinski definition) is 1. The first-order chi connectivity index (χ1) is 9.58. The molecule has 0 spiro atoms. The fraction of sp³-hybridized carbons (Fsp3) is 0.333. The first-order valence-electron chi connectivity index (χ1n) is 5.84. The molecule has 0 fully saturated rings. The Bertz CT molecular complexity index is 642. The molecule has 8 heteroatoms. The Kier molecular flexibility index (Phi) is 5.77. The molecule has 0 aliphatic carbocycles. The summed E-state index contributed by atoms with van der Waals surface area (Å²) >= 11 is 18.6. The molecule has 0 unspecified atom stereocenters. The molecule has 0 saturated heterocycles. The van der Waals surface area contributed by atoms with Gasteiger partial charge in [-0.3, -0.25) is 5.10 Å². The third-order valence-electron chi connectivity index (χ3n) is 2.58. The van der Waals surface area contributed by atoms with Gasteiger partial charge in [0.05, 0.1) is 17.4 Å². The number of ether oxygens (including phenoxy) is 1. The molecule has 0 amide bonds. The minimum absolute atomic E-state index is 0.525. The van der Waals surface area contributed by atoms with Crippen molar-refractivity contribution in [2.24, 2.45) is 7.05 Å². The molecular formula is C12H13Cl2N3OS2. The Labute approximate surface area is 136 Å². The van der Waals surface area contributed by atoms with Gasteiger partial charge in [-0.2, -0.15) is 16.9 Å². The quantitative estimate of drug-likeness (QED) is 0.629. The zero-order valence-corrected chi connectivity index (χ0v) is 13.9. The van der Waals surface area contributed by atoms with Gasteiger partial charge >= 0.3 is 0 Å². The summed E-state index contributed by atoms with van der Waals surface area (Å²) in [4.78, 5) is 0. The molecule has 0 radical (unpaired) electrons. The number of nitrogens with zero attached hydrogens (tertiary/aromatic N) is 2. The summed E-state index contributed by atoms with van der Waals surface area (Å²) in [6.07, 6.45) is 0. The number of hydrogen-bond acceptors (Lipinski definition) is 4. The van der Waals surface area contributed by atoms with Crippen molar-refractivity contribution in [1.29, 1.82) is 0 Å². The summed E-state index contributed by atoms with van der Waals surface area (Å²) in [6, 6.07) is 5.19. The number of benzene rings is 1.